The van der Waals surface area contributed by atoms with Gasteiger partial charge in [0.05, 0.1) is 5.56 Å². The number of nitrogens with one attached hydrogen (secondary N) is 1. The first kappa shape index (κ1) is 13.5. The highest BCUT2D eigenvalue weighted by Gasteiger charge is 2.10. The average Bonchev–Trinajstić information content (AvgIpc) is 2.84. The highest BCUT2D eigenvalue weighted by molar-refractivity contribution is 7.12. The zero-order valence-corrected chi connectivity index (χ0v) is 11.3. The maximum atomic E-state index is 13.5. The summed E-state index contributed by atoms with van der Waals surface area (Å²) in [5.74, 6) is -1.98. The largest absolute Gasteiger partial charge is 0.478 e. The third kappa shape index (κ3) is 3.32. The van der Waals surface area contributed by atoms with E-state index in [0.717, 1.165) is 6.42 Å². The second kappa shape index (κ2) is 5.84. The van der Waals surface area contributed by atoms with Gasteiger partial charge in [-0.15, -0.1) is 11.3 Å². The molecule has 0 radical (unpaired) electrons. The molecule has 19 heavy (non-hydrogen) atoms. The number of carboxylic acids is 1. The van der Waals surface area contributed by atoms with Crippen LogP contribution in [0.3, 0.4) is 0 Å². The van der Waals surface area contributed by atoms with Crippen LogP contribution in [-0.4, -0.2) is 11.1 Å². The summed E-state index contributed by atoms with van der Waals surface area (Å²) in [7, 11) is 0. The van der Waals surface area contributed by atoms with Crippen molar-refractivity contribution >= 4 is 23.0 Å². The minimum absolute atomic E-state index is 0.310. The summed E-state index contributed by atoms with van der Waals surface area (Å²) in [5.41, 5.74) is 0.267. The van der Waals surface area contributed by atoms with Crippen molar-refractivity contribution < 1.29 is 14.3 Å². The van der Waals surface area contributed by atoms with Crippen LogP contribution in [-0.2, 0) is 13.0 Å². The molecule has 2 aromatic rings. The second-order valence-corrected chi connectivity index (χ2v) is 5.33. The van der Waals surface area contributed by atoms with Gasteiger partial charge in [0, 0.05) is 22.0 Å². The van der Waals surface area contributed by atoms with Gasteiger partial charge in [-0.25, -0.2) is 9.18 Å². The zero-order chi connectivity index (χ0) is 13.8. The van der Waals surface area contributed by atoms with Crippen LogP contribution in [0.2, 0.25) is 0 Å². The summed E-state index contributed by atoms with van der Waals surface area (Å²) in [6.07, 6.45) is 1.01. The number of anilines is 1. The van der Waals surface area contributed by atoms with Gasteiger partial charge in [0.1, 0.15) is 5.82 Å². The molecule has 1 aromatic heterocycles. The highest BCUT2D eigenvalue weighted by atomic mass is 32.1. The Hall–Kier alpha value is -1.88. The molecule has 0 aliphatic heterocycles. The fourth-order valence-corrected chi connectivity index (χ4v) is 2.59. The Bertz CT molecular complexity index is 595. The van der Waals surface area contributed by atoms with Gasteiger partial charge >= 0.3 is 5.97 Å². The van der Waals surface area contributed by atoms with Gasteiger partial charge in [0.25, 0.3) is 0 Å². The Labute approximate surface area is 114 Å². The molecule has 2 rings (SSSR count). The van der Waals surface area contributed by atoms with E-state index in [1.807, 2.05) is 6.07 Å². The van der Waals surface area contributed by atoms with Crippen LogP contribution in [0.1, 0.15) is 27.0 Å². The fourth-order valence-electron chi connectivity index (χ4n) is 1.70. The predicted molar refractivity (Wildman–Crippen MR) is 74.4 cm³/mol. The van der Waals surface area contributed by atoms with Crippen LogP contribution >= 0.6 is 11.3 Å². The molecule has 100 valence electrons. The maximum Gasteiger partial charge on any atom is 0.338 e. The molecule has 0 unspecified atom stereocenters. The first-order chi connectivity index (χ1) is 9.10. The smallest absolute Gasteiger partial charge is 0.338 e. The normalized spacial score (nSPS) is 10.4. The van der Waals surface area contributed by atoms with Gasteiger partial charge in [-0.3, -0.25) is 0 Å². The lowest BCUT2D eigenvalue weighted by atomic mass is 10.2. The molecule has 1 heterocycles. The Morgan fingerprint density at radius 3 is 2.63 bits per heavy atom. The van der Waals surface area contributed by atoms with E-state index in [4.69, 9.17) is 5.11 Å². The Balaban J connectivity index is 2.03. The number of aryl methyl sites for hydroxylation is 1. The molecule has 0 aliphatic carbocycles. The molecule has 0 saturated carbocycles. The van der Waals surface area contributed by atoms with Gasteiger partial charge in [-0.1, -0.05) is 6.92 Å². The van der Waals surface area contributed by atoms with E-state index in [2.05, 4.69) is 18.3 Å². The van der Waals surface area contributed by atoms with Crippen LogP contribution in [0.15, 0.2) is 30.3 Å². The molecule has 2 N–H and O–H groups in total. The fraction of sp³-hybridized carbons (Fsp3) is 0.214. The second-order valence-electron chi connectivity index (χ2n) is 4.07. The monoisotopic (exact) mass is 279 g/mol. The number of benzene rings is 1. The number of carbonyl (C=O) groups is 1. The van der Waals surface area contributed by atoms with E-state index in [1.54, 1.807) is 17.4 Å². The van der Waals surface area contributed by atoms with Crippen molar-refractivity contribution in [2.24, 2.45) is 0 Å². The van der Waals surface area contributed by atoms with Crippen LogP contribution in [0.5, 0.6) is 0 Å². The third-order valence-corrected chi connectivity index (χ3v) is 3.96. The molecule has 3 nitrogen and oxygen atoms in total. The molecule has 1 aromatic carbocycles. The first-order valence-electron chi connectivity index (χ1n) is 5.94. The summed E-state index contributed by atoms with van der Waals surface area (Å²) in [4.78, 5) is 13.2. The van der Waals surface area contributed by atoms with E-state index in [1.165, 1.54) is 21.9 Å². The molecule has 0 fully saturated rings. The van der Waals surface area contributed by atoms with Gasteiger partial charge in [-0.2, -0.15) is 0 Å². The number of thiophene rings is 1. The van der Waals surface area contributed by atoms with Gasteiger partial charge in [0.15, 0.2) is 0 Å². The highest BCUT2D eigenvalue weighted by Crippen LogP contribution is 2.20. The number of halogens is 1. The molecule has 5 heteroatoms. The lowest BCUT2D eigenvalue weighted by Crippen LogP contribution is -2.03. The lowest BCUT2D eigenvalue weighted by Gasteiger charge is -2.06. The minimum Gasteiger partial charge on any atom is -0.478 e. The molecular weight excluding hydrogens is 265 g/mol. The van der Waals surface area contributed by atoms with Crippen molar-refractivity contribution in [1.82, 2.24) is 0 Å². The molecule has 0 aliphatic rings. The average molecular weight is 279 g/mol. The number of aromatic carboxylic acids is 1. The van der Waals surface area contributed by atoms with Crippen molar-refractivity contribution in [2.45, 2.75) is 19.9 Å². The van der Waals surface area contributed by atoms with Crippen molar-refractivity contribution in [2.75, 3.05) is 5.32 Å². The Morgan fingerprint density at radius 1 is 1.32 bits per heavy atom. The molecule has 0 spiro atoms. The predicted octanol–water partition coefficient (Wildman–Crippen LogP) is 3.76. The zero-order valence-electron chi connectivity index (χ0n) is 10.4. The van der Waals surface area contributed by atoms with Crippen molar-refractivity contribution in [3.05, 3.63) is 51.5 Å². The summed E-state index contributed by atoms with van der Waals surface area (Å²) >= 11 is 1.71. The van der Waals surface area contributed by atoms with Crippen molar-refractivity contribution in [3.63, 3.8) is 0 Å². The van der Waals surface area contributed by atoms with Crippen LogP contribution < -0.4 is 5.32 Å². The third-order valence-electron chi connectivity index (χ3n) is 2.73. The topological polar surface area (TPSA) is 49.3 Å². The van der Waals surface area contributed by atoms with E-state index >= 15 is 0 Å². The summed E-state index contributed by atoms with van der Waals surface area (Å²) in [6.45, 7) is 2.71. The van der Waals surface area contributed by atoms with Crippen LogP contribution in [0, 0.1) is 5.82 Å². The van der Waals surface area contributed by atoms with Gasteiger partial charge in [-0.05, 0) is 36.8 Å². The maximum absolute atomic E-state index is 13.5. The van der Waals surface area contributed by atoms with Gasteiger partial charge in [0.2, 0.25) is 0 Å². The molecule has 0 bridgehead atoms. The lowest BCUT2D eigenvalue weighted by molar-refractivity contribution is 0.0692. The molecular formula is C14H14FNO2S. The molecule has 0 atom stereocenters. The minimum atomic E-state index is -1.25. The van der Waals surface area contributed by atoms with Crippen LogP contribution in [0.4, 0.5) is 10.1 Å². The van der Waals surface area contributed by atoms with Crippen molar-refractivity contribution in [1.29, 1.82) is 0 Å². The Morgan fingerprint density at radius 2 is 2.05 bits per heavy atom. The summed E-state index contributed by atoms with van der Waals surface area (Å²) in [6, 6.07) is 8.17. The molecule has 0 amide bonds. The van der Waals surface area contributed by atoms with Crippen molar-refractivity contribution in [3.8, 4) is 0 Å². The van der Waals surface area contributed by atoms with E-state index < -0.39 is 11.8 Å². The van der Waals surface area contributed by atoms with E-state index in [0.29, 0.717) is 12.2 Å². The number of rotatable bonds is 5. The number of carboxylic acid groups (broad SMARTS) is 1. The Kier molecular flexibility index (Phi) is 4.16. The molecule has 0 saturated heterocycles. The van der Waals surface area contributed by atoms with E-state index in [9.17, 15) is 9.18 Å². The first-order valence-corrected chi connectivity index (χ1v) is 6.76. The summed E-state index contributed by atoms with van der Waals surface area (Å²) in [5, 5.41) is 11.8. The number of hydrogen-bond acceptors (Lipinski definition) is 3. The quantitative estimate of drug-likeness (QED) is 0.876. The van der Waals surface area contributed by atoms with Gasteiger partial charge < -0.3 is 10.4 Å². The SMILES string of the molecule is CCc1ccc(CNc2ccc(C(=O)O)c(F)c2)s1. The standard InChI is InChI=1S/C14H14FNO2S/c1-2-10-4-5-11(19-10)8-16-9-3-6-12(14(17)18)13(15)7-9/h3-7,16H,2,8H2,1H3,(H,17,18). The van der Waals surface area contributed by atoms with E-state index in [-0.39, 0.29) is 5.56 Å². The van der Waals surface area contributed by atoms with Crippen LogP contribution in [0.25, 0.3) is 0 Å². The summed E-state index contributed by atoms with van der Waals surface area (Å²) < 4.78 is 13.5. The number of hydrogen-bond donors (Lipinski definition) is 2.